The molecule has 1 heterocycles. The largest absolute Gasteiger partial charge is 0.490 e. The molecule has 0 N–H and O–H groups in total. The average Bonchev–Trinajstić information content (AvgIpc) is 3.07. The number of hydrogen-bond donors (Lipinski definition) is 0. The van der Waals surface area contributed by atoms with Crippen LogP contribution >= 0.6 is 0 Å². The first kappa shape index (κ1) is 12.2. The second-order valence-electron chi connectivity index (χ2n) is 4.74. The van der Waals surface area contributed by atoms with Crippen molar-refractivity contribution in [2.75, 3.05) is 13.2 Å². The summed E-state index contributed by atoms with van der Waals surface area (Å²) in [6.07, 6.45) is 6.35. The van der Waals surface area contributed by atoms with Gasteiger partial charge < -0.3 is 9.47 Å². The molecule has 1 aromatic rings. The van der Waals surface area contributed by atoms with Crippen molar-refractivity contribution >= 4 is 0 Å². The third-order valence-corrected chi connectivity index (χ3v) is 2.96. The molecule has 0 spiro atoms. The number of aryl methyl sites for hydroxylation is 1. The molecule has 1 aromatic carbocycles. The van der Waals surface area contributed by atoms with Crippen LogP contribution in [0.25, 0.3) is 0 Å². The summed E-state index contributed by atoms with van der Waals surface area (Å²) < 4.78 is 11.2. The van der Waals surface area contributed by atoms with E-state index in [1.54, 1.807) is 0 Å². The van der Waals surface area contributed by atoms with E-state index in [0.717, 1.165) is 25.2 Å². The van der Waals surface area contributed by atoms with Gasteiger partial charge >= 0.3 is 0 Å². The van der Waals surface area contributed by atoms with Crippen molar-refractivity contribution in [2.45, 2.75) is 32.3 Å². The number of rotatable bonds is 6. The summed E-state index contributed by atoms with van der Waals surface area (Å²) >= 11 is 0. The van der Waals surface area contributed by atoms with E-state index in [-0.39, 0.29) is 5.60 Å². The molecule has 1 fully saturated rings. The van der Waals surface area contributed by atoms with Gasteiger partial charge in [-0.1, -0.05) is 30.4 Å². The molecule has 17 heavy (non-hydrogen) atoms. The van der Waals surface area contributed by atoms with Crippen LogP contribution in [0.4, 0.5) is 0 Å². The number of ether oxygens (including phenoxy) is 2. The summed E-state index contributed by atoms with van der Waals surface area (Å²) in [5.74, 6) is 0.994. The smallest absolute Gasteiger partial charge is 0.123 e. The van der Waals surface area contributed by atoms with E-state index in [4.69, 9.17) is 9.47 Å². The van der Waals surface area contributed by atoms with Gasteiger partial charge in [-0.3, -0.25) is 0 Å². The number of allylic oxidation sites excluding steroid dienone is 2. The minimum absolute atomic E-state index is 0.0452. The van der Waals surface area contributed by atoms with E-state index in [1.807, 2.05) is 19.1 Å². The molecule has 2 nitrogen and oxygen atoms in total. The Morgan fingerprint density at radius 2 is 2.18 bits per heavy atom. The predicted molar refractivity (Wildman–Crippen MR) is 69.4 cm³/mol. The van der Waals surface area contributed by atoms with Crippen molar-refractivity contribution in [1.29, 1.82) is 0 Å². The molecule has 1 aliphatic heterocycles. The summed E-state index contributed by atoms with van der Waals surface area (Å²) in [5, 5.41) is 0. The molecule has 1 aliphatic rings. The molecule has 0 radical (unpaired) electrons. The SMILES string of the molecule is C/C=C/CCc1ccccc1OCC1(C)CO1. The molecule has 1 atom stereocenters. The van der Waals surface area contributed by atoms with Crippen molar-refractivity contribution in [2.24, 2.45) is 0 Å². The van der Waals surface area contributed by atoms with Gasteiger partial charge in [-0.15, -0.1) is 0 Å². The third kappa shape index (κ3) is 3.60. The highest BCUT2D eigenvalue weighted by atomic mass is 16.6. The molecule has 1 unspecified atom stereocenters. The van der Waals surface area contributed by atoms with Crippen molar-refractivity contribution in [3.63, 3.8) is 0 Å². The maximum absolute atomic E-state index is 5.85. The van der Waals surface area contributed by atoms with Crippen molar-refractivity contribution in [3.8, 4) is 5.75 Å². The Morgan fingerprint density at radius 1 is 1.41 bits per heavy atom. The molecule has 0 aromatic heterocycles. The summed E-state index contributed by atoms with van der Waals surface area (Å²) in [4.78, 5) is 0. The standard InChI is InChI=1S/C15H20O2/c1-3-4-5-8-13-9-6-7-10-14(13)16-11-15(2)12-17-15/h3-4,6-7,9-10H,5,8,11-12H2,1-2H3/b4-3+. The van der Waals surface area contributed by atoms with E-state index in [9.17, 15) is 0 Å². The molecule has 2 heteroatoms. The van der Waals surface area contributed by atoms with Crippen molar-refractivity contribution in [1.82, 2.24) is 0 Å². The van der Waals surface area contributed by atoms with E-state index in [0.29, 0.717) is 6.61 Å². The predicted octanol–water partition coefficient (Wildman–Crippen LogP) is 3.36. The molecule has 92 valence electrons. The fraction of sp³-hybridized carbons (Fsp3) is 0.467. The zero-order valence-electron chi connectivity index (χ0n) is 10.6. The minimum Gasteiger partial charge on any atom is -0.490 e. The summed E-state index contributed by atoms with van der Waals surface area (Å²) in [6.45, 7) is 5.59. The second kappa shape index (κ2) is 5.37. The highest BCUT2D eigenvalue weighted by Gasteiger charge is 2.40. The summed E-state index contributed by atoms with van der Waals surface area (Å²) in [7, 11) is 0. The van der Waals surface area contributed by atoms with E-state index < -0.39 is 0 Å². The number of benzene rings is 1. The Balaban J connectivity index is 1.94. The minimum atomic E-state index is -0.0452. The zero-order chi connectivity index (χ0) is 12.1. The lowest BCUT2D eigenvalue weighted by atomic mass is 10.1. The summed E-state index contributed by atoms with van der Waals surface area (Å²) in [5.41, 5.74) is 1.23. The first-order valence-corrected chi connectivity index (χ1v) is 6.19. The molecule has 2 rings (SSSR count). The van der Waals surface area contributed by atoms with Gasteiger partial charge in [0.2, 0.25) is 0 Å². The van der Waals surface area contributed by atoms with Crippen LogP contribution in [0, 0.1) is 0 Å². The van der Waals surface area contributed by atoms with Crippen LogP contribution in [0.15, 0.2) is 36.4 Å². The van der Waals surface area contributed by atoms with Gasteiger partial charge in [0.15, 0.2) is 0 Å². The van der Waals surface area contributed by atoms with Gasteiger partial charge in [-0.05, 0) is 38.3 Å². The zero-order valence-corrected chi connectivity index (χ0v) is 10.6. The third-order valence-electron chi connectivity index (χ3n) is 2.96. The second-order valence-corrected chi connectivity index (χ2v) is 4.74. The molecule has 1 saturated heterocycles. The van der Waals surface area contributed by atoms with E-state index in [1.165, 1.54) is 5.56 Å². The highest BCUT2D eigenvalue weighted by Crippen LogP contribution is 2.28. The topological polar surface area (TPSA) is 21.8 Å². The number of para-hydroxylation sites is 1. The van der Waals surface area contributed by atoms with Gasteiger partial charge in [0.25, 0.3) is 0 Å². The average molecular weight is 232 g/mol. The molecular formula is C15H20O2. The van der Waals surface area contributed by atoms with E-state index >= 15 is 0 Å². The fourth-order valence-corrected chi connectivity index (χ4v) is 1.69. The Bertz CT molecular complexity index is 392. The lowest BCUT2D eigenvalue weighted by Crippen LogP contribution is -2.17. The van der Waals surface area contributed by atoms with Crippen LogP contribution in [0.1, 0.15) is 25.8 Å². The Labute approximate surface area is 103 Å². The molecule has 0 amide bonds. The van der Waals surface area contributed by atoms with Crippen LogP contribution in [0.5, 0.6) is 5.75 Å². The van der Waals surface area contributed by atoms with Crippen molar-refractivity contribution in [3.05, 3.63) is 42.0 Å². The monoisotopic (exact) mass is 232 g/mol. The summed E-state index contributed by atoms with van der Waals surface area (Å²) in [6, 6.07) is 8.25. The van der Waals surface area contributed by atoms with Crippen LogP contribution in [-0.4, -0.2) is 18.8 Å². The Morgan fingerprint density at radius 3 is 2.88 bits per heavy atom. The lowest BCUT2D eigenvalue weighted by Gasteiger charge is -2.12. The van der Waals surface area contributed by atoms with Gasteiger partial charge in [-0.2, -0.15) is 0 Å². The number of hydrogen-bond acceptors (Lipinski definition) is 2. The van der Waals surface area contributed by atoms with Gasteiger partial charge in [0.1, 0.15) is 18.0 Å². The molecule has 0 bridgehead atoms. The Kier molecular flexibility index (Phi) is 3.85. The van der Waals surface area contributed by atoms with Crippen LogP contribution < -0.4 is 4.74 Å². The highest BCUT2D eigenvalue weighted by molar-refractivity contribution is 5.33. The first-order chi connectivity index (χ1) is 8.23. The quantitative estimate of drug-likeness (QED) is 0.554. The van der Waals surface area contributed by atoms with E-state index in [2.05, 4.69) is 31.2 Å². The van der Waals surface area contributed by atoms with Gasteiger partial charge in [0.05, 0.1) is 6.61 Å². The maximum atomic E-state index is 5.85. The lowest BCUT2D eigenvalue weighted by molar-refractivity contribution is 0.201. The van der Waals surface area contributed by atoms with Gasteiger partial charge in [-0.25, -0.2) is 0 Å². The molecule has 0 aliphatic carbocycles. The fourth-order valence-electron chi connectivity index (χ4n) is 1.69. The van der Waals surface area contributed by atoms with Gasteiger partial charge in [0, 0.05) is 0 Å². The van der Waals surface area contributed by atoms with Crippen LogP contribution in [0.2, 0.25) is 0 Å². The molecular weight excluding hydrogens is 212 g/mol. The number of epoxide rings is 1. The molecule has 0 saturated carbocycles. The van der Waals surface area contributed by atoms with Crippen molar-refractivity contribution < 1.29 is 9.47 Å². The first-order valence-electron chi connectivity index (χ1n) is 6.19. The van der Waals surface area contributed by atoms with Crippen LogP contribution in [0.3, 0.4) is 0 Å². The normalized spacial score (nSPS) is 22.9. The van der Waals surface area contributed by atoms with Crippen LogP contribution in [-0.2, 0) is 11.2 Å². The Hall–Kier alpha value is -1.28. The maximum Gasteiger partial charge on any atom is 0.123 e.